The summed E-state index contributed by atoms with van der Waals surface area (Å²) in [6.45, 7) is 3.93. The Morgan fingerprint density at radius 2 is 1.96 bits per heavy atom. The molecule has 0 aliphatic heterocycles. The maximum Gasteiger partial charge on any atom is 0.315 e. The van der Waals surface area contributed by atoms with Gasteiger partial charge in [-0.3, -0.25) is 4.79 Å². The van der Waals surface area contributed by atoms with E-state index in [1.54, 1.807) is 11.3 Å². The lowest BCUT2D eigenvalue weighted by atomic mass is 10.0. The summed E-state index contributed by atoms with van der Waals surface area (Å²) >= 11 is 1.58. The maximum atomic E-state index is 12.4. The van der Waals surface area contributed by atoms with E-state index in [9.17, 15) is 9.59 Å². The van der Waals surface area contributed by atoms with Crippen molar-refractivity contribution in [3.8, 4) is 0 Å². The highest BCUT2D eigenvalue weighted by Crippen LogP contribution is 2.17. The Labute approximate surface area is 157 Å². The largest absolute Gasteiger partial charge is 0.481 e. The van der Waals surface area contributed by atoms with Crippen LogP contribution in [0.1, 0.15) is 49.0 Å². The maximum absolute atomic E-state index is 12.4. The fraction of sp³-hybridized carbons (Fsp3) is 0.421. The van der Waals surface area contributed by atoms with E-state index in [0.29, 0.717) is 12.8 Å². The molecule has 2 aromatic rings. The number of aromatic nitrogens is 1. The van der Waals surface area contributed by atoms with Crippen molar-refractivity contribution in [3.05, 3.63) is 52.0 Å². The topological polar surface area (TPSA) is 91.3 Å². The van der Waals surface area contributed by atoms with Crippen molar-refractivity contribution in [1.29, 1.82) is 0 Å². The third kappa shape index (κ3) is 6.48. The highest BCUT2D eigenvalue weighted by molar-refractivity contribution is 7.09. The lowest BCUT2D eigenvalue weighted by Crippen LogP contribution is -2.44. The predicted molar refractivity (Wildman–Crippen MR) is 102 cm³/mol. The van der Waals surface area contributed by atoms with Crippen LogP contribution in [0.25, 0.3) is 0 Å². The number of carbonyl (C=O) groups excluding carboxylic acids is 1. The molecule has 0 aliphatic carbocycles. The third-order valence-corrected chi connectivity index (χ3v) is 5.04. The van der Waals surface area contributed by atoms with Crippen LogP contribution in [0.15, 0.2) is 35.7 Å². The molecule has 0 saturated carbocycles. The zero-order chi connectivity index (χ0) is 18.9. The van der Waals surface area contributed by atoms with Crippen LogP contribution in [0.2, 0.25) is 0 Å². The van der Waals surface area contributed by atoms with Crippen molar-refractivity contribution >= 4 is 23.3 Å². The molecular weight excluding hydrogens is 350 g/mol. The average Bonchev–Trinajstić information content (AvgIpc) is 3.10. The molecule has 7 heteroatoms. The van der Waals surface area contributed by atoms with Gasteiger partial charge in [0.25, 0.3) is 0 Å². The van der Waals surface area contributed by atoms with Gasteiger partial charge in [0.1, 0.15) is 0 Å². The molecule has 2 amide bonds. The summed E-state index contributed by atoms with van der Waals surface area (Å²) in [5.41, 5.74) is 1.90. The first-order valence-corrected chi connectivity index (χ1v) is 9.63. The number of rotatable bonds is 9. The van der Waals surface area contributed by atoms with Crippen LogP contribution in [0.3, 0.4) is 0 Å². The van der Waals surface area contributed by atoms with E-state index in [0.717, 1.165) is 22.7 Å². The molecule has 0 radical (unpaired) electrons. The summed E-state index contributed by atoms with van der Waals surface area (Å²) in [6.07, 6.45) is 1.85. The molecule has 2 atom stereocenters. The molecule has 0 bridgehead atoms. The van der Waals surface area contributed by atoms with Gasteiger partial charge in [-0.25, -0.2) is 9.78 Å². The highest BCUT2D eigenvalue weighted by atomic mass is 32.1. The van der Waals surface area contributed by atoms with Gasteiger partial charge in [-0.15, -0.1) is 11.3 Å². The standard InChI is InChI=1S/C19H25N3O3S/c1-3-17-22-16(12-26-17)13(2)20-19(25)21-15(9-10-18(23)24)11-14-7-5-4-6-8-14/h4-8,12-13,15H,3,9-11H2,1-2H3,(H,23,24)(H2,20,21,25). The quantitative estimate of drug-likeness (QED) is 0.625. The number of nitrogens with one attached hydrogen (secondary N) is 2. The smallest absolute Gasteiger partial charge is 0.315 e. The first kappa shape index (κ1) is 19.9. The lowest BCUT2D eigenvalue weighted by Gasteiger charge is -2.20. The lowest BCUT2D eigenvalue weighted by molar-refractivity contribution is -0.137. The van der Waals surface area contributed by atoms with Crippen molar-refractivity contribution in [2.45, 2.75) is 51.6 Å². The Morgan fingerprint density at radius 3 is 2.58 bits per heavy atom. The second-order valence-corrected chi connectivity index (χ2v) is 7.12. The van der Waals surface area contributed by atoms with Gasteiger partial charge in [0.2, 0.25) is 0 Å². The number of hydrogen-bond acceptors (Lipinski definition) is 4. The molecule has 6 nitrogen and oxygen atoms in total. The van der Waals surface area contributed by atoms with Crippen LogP contribution >= 0.6 is 11.3 Å². The summed E-state index contributed by atoms with van der Waals surface area (Å²) < 4.78 is 0. The van der Waals surface area contributed by atoms with E-state index < -0.39 is 5.97 Å². The Morgan fingerprint density at radius 1 is 1.23 bits per heavy atom. The van der Waals surface area contributed by atoms with Crippen LogP contribution in [0.5, 0.6) is 0 Å². The van der Waals surface area contributed by atoms with Gasteiger partial charge in [0.15, 0.2) is 0 Å². The van der Waals surface area contributed by atoms with E-state index in [1.165, 1.54) is 0 Å². The van der Waals surface area contributed by atoms with Gasteiger partial charge in [-0.05, 0) is 31.7 Å². The molecular formula is C19H25N3O3S. The number of carbonyl (C=O) groups is 2. The van der Waals surface area contributed by atoms with E-state index in [2.05, 4.69) is 15.6 Å². The summed E-state index contributed by atoms with van der Waals surface area (Å²) in [4.78, 5) is 27.7. The second-order valence-electron chi connectivity index (χ2n) is 6.18. The van der Waals surface area contributed by atoms with Gasteiger partial charge in [0.05, 0.1) is 16.7 Å². The molecule has 26 heavy (non-hydrogen) atoms. The van der Waals surface area contributed by atoms with Crippen LogP contribution in [0, 0.1) is 0 Å². The number of nitrogens with zero attached hydrogens (tertiary/aromatic N) is 1. The number of carboxylic acids is 1. The van der Waals surface area contributed by atoms with E-state index in [4.69, 9.17) is 5.11 Å². The van der Waals surface area contributed by atoms with Crippen LogP contribution < -0.4 is 10.6 Å². The number of carboxylic acid groups (broad SMARTS) is 1. The highest BCUT2D eigenvalue weighted by Gasteiger charge is 2.17. The Hall–Kier alpha value is -2.41. The van der Waals surface area contributed by atoms with Crippen molar-refractivity contribution in [2.24, 2.45) is 0 Å². The summed E-state index contributed by atoms with van der Waals surface area (Å²) in [6, 6.07) is 8.96. The fourth-order valence-corrected chi connectivity index (χ4v) is 3.44. The number of amides is 2. The van der Waals surface area contributed by atoms with Gasteiger partial charge >= 0.3 is 12.0 Å². The number of benzene rings is 1. The molecule has 0 saturated heterocycles. The van der Waals surface area contributed by atoms with Gasteiger partial charge < -0.3 is 15.7 Å². The number of urea groups is 1. The normalized spacial score (nSPS) is 13.0. The van der Waals surface area contributed by atoms with E-state index in [1.807, 2.05) is 49.6 Å². The van der Waals surface area contributed by atoms with E-state index >= 15 is 0 Å². The van der Waals surface area contributed by atoms with Gasteiger partial charge in [0, 0.05) is 17.8 Å². The van der Waals surface area contributed by atoms with Crippen LogP contribution in [-0.2, 0) is 17.6 Å². The predicted octanol–water partition coefficient (Wildman–Crippen LogP) is 3.54. The minimum absolute atomic E-state index is 0.0132. The number of aryl methyl sites for hydroxylation is 1. The molecule has 0 aliphatic rings. The molecule has 1 aromatic carbocycles. The molecule has 2 unspecified atom stereocenters. The Bertz CT molecular complexity index is 718. The number of hydrogen-bond donors (Lipinski definition) is 3. The Kier molecular flexibility index (Phi) is 7.59. The summed E-state index contributed by atoms with van der Waals surface area (Å²) in [5.74, 6) is -0.867. The number of aliphatic carboxylic acids is 1. The second kappa shape index (κ2) is 9.91. The first-order chi connectivity index (χ1) is 12.5. The minimum atomic E-state index is -0.867. The molecule has 2 rings (SSSR count). The molecule has 1 aromatic heterocycles. The molecule has 0 spiro atoms. The summed E-state index contributed by atoms with van der Waals surface area (Å²) in [7, 11) is 0. The zero-order valence-electron chi connectivity index (χ0n) is 15.1. The average molecular weight is 375 g/mol. The van der Waals surface area contributed by atoms with Crippen molar-refractivity contribution in [2.75, 3.05) is 0 Å². The van der Waals surface area contributed by atoms with Gasteiger partial charge in [-0.1, -0.05) is 37.3 Å². The molecule has 140 valence electrons. The fourth-order valence-electron chi connectivity index (χ4n) is 2.61. The van der Waals surface area contributed by atoms with E-state index in [-0.39, 0.29) is 24.5 Å². The van der Waals surface area contributed by atoms with Crippen LogP contribution in [-0.4, -0.2) is 28.1 Å². The molecule has 1 heterocycles. The Balaban J connectivity index is 1.94. The van der Waals surface area contributed by atoms with Crippen molar-refractivity contribution in [1.82, 2.24) is 15.6 Å². The third-order valence-electron chi connectivity index (χ3n) is 4.03. The molecule has 0 fully saturated rings. The van der Waals surface area contributed by atoms with Gasteiger partial charge in [-0.2, -0.15) is 0 Å². The summed E-state index contributed by atoms with van der Waals surface area (Å²) in [5, 5.41) is 17.7. The number of thiazole rings is 1. The SMILES string of the molecule is CCc1nc(C(C)NC(=O)NC(CCC(=O)O)Cc2ccccc2)cs1. The molecule has 3 N–H and O–H groups in total. The first-order valence-electron chi connectivity index (χ1n) is 8.75. The van der Waals surface area contributed by atoms with Crippen LogP contribution in [0.4, 0.5) is 4.79 Å². The monoisotopic (exact) mass is 375 g/mol. The van der Waals surface area contributed by atoms with Crippen molar-refractivity contribution in [3.63, 3.8) is 0 Å². The van der Waals surface area contributed by atoms with Crippen molar-refractivity contribution < 1.29 is 14.7 Å². The minimum Gasteiger partial charge on any atom is -0.481 e. The zero-order valence-corrected chi connectivity index (χ0v) is 15.9.